The van der Waals surface area contributed by atoms with Crippen LogP contribution in [0.1, 0.15) is 26.4 Å². The Morgan fingerprint density at radius 2 is 1.58 bits per heavy atom. The molecule has 0 bridgehead atoms. The summed E-state index contributed by atoms with van der Waals surface area (Å²) in [4.78, 5) is 29.8. The van der Waals surface area contributed by atoms with Gasteiger partial charge in [0.1, 0.15) is 5.69 Å². The molecule has 0 aliphatic heterocycles. The Kier molecular flexibility index (Phi) is 5.98. The molecule has 0 atom stereocenters. The summed E-state index contributed by atoms with van der Waals surface area (Å²) in [5.74, 6) is -1.28. The van der Waals surface area contributed by atoms with Crippen molar-refractivity contribution in [2.24, 2.45) is 0 Å². The standard InChI is InChI=1S/C24H18Cl2N2O3/c25-17-11-18(26)21-19(12-17)27-22(24(30)31)23(21)28(13-15-7-3-1-4-8-15)14-20(29)16-9-5-2-6-10-16/h1-12,27H,13-14H2,(H,30,31). The number of carboxylic acid groups (broad SMARTS) is 1. The summed E-state index contributed by atoms with van der Waals surface area (Å²) in [6.07, 6.45) is 0. The number of nitrogens with one attached hydrogen (secondary N) is 1. The molecule has 0 saturated carbocycles. The van der Waals surface area contributed by atoms with E-state index >= 15 is 0 Å². The Hall–Kier alpha value is -3.28. The minimum absolute atomic E-state index is 0.0227. The van der Waals surface area contributed by atoms with Crippen LogP contribution >= 0.6 is 23.2 Å². The van der Waals surface area contributed by atoms with E-state index < -0.39 is 5.97 Å². The summed E-state index contributed by atoms with van der Waals surface area (Å²) in [6, 6.07) is 21.6. The molecule has 4 aromatic rings. The van der Waals surface area contributed by atoms with Crippen molar-refractivity contribution in [1.29, 1.82) is 0 Å². The number of benzene rings is 3. The number of anilines is 1. The van der Waals surface area contributed by atoms with Crippen molar-refractivity contribution < 1.29 is 14.7 Å². The summed E-state index contributed by atoms with van der Waals surface area (Å²) in [6.45, 7) is 0.302. The molecule has 0 saturated heterocycles. The van der Waals surface area contributed by atoms with E-state index in [0.717, 1.165) is 5.56 Å². The number of hydrogen-bond acceptors (Lipinski definition) is 3. The van der Waals surface area contributed by atoms with E-state index in [0.29, 0.717) is 38.7 Å². The van der Waals surface area contributed by atoms with Gasteiger partial charge in [0.2, 0.25) is 0 Å². The van der Waals surface area contributed by atoms with Crippen molar-refractivity contribution in [1.82, 2.24) is 4.98 Å². The van der Waals surface area contributed by atoms with Gasteiger partial charge in [-0.25, -0.2) is 4.79 Å². The number of rotatable bonds is 7. The Balaban J connectivity index is 1.86. The Bertz CT molecular complexity index is 1250. The number of carbonyl (C=O) groups is 2. The van der Waals surface area contributed by atoms with E-state index in [1.54, 1.807) is 41.3 Å². The zero-order chi connectivity index (χ0) is 22.0. The SMILES string of the molecule is O=C(CN(Cc1ccccc1)c1c(C(=O)O)[nH]c2cc(Cl)cc(Cl)c12)c1ccccc1. The van der Waals surface area contributed by atoms with Gasteiger partial charge in [-0.3, -0.25) is 4.79 Å². The maximum Gasteiger partial charge on any atom is 0.354 e. The molecule has 7 heteroatoms. The topological polar surface area (TPSA) is 73.4 Å². The number of H-pyrrole nitrogens is 1. The van der Waals surface area contributed by atoms with Gasteiger partial charge in [-0.1, -0.05) is 83.9 Å². The molecule has 1 aromatic heterocycles. The summed E-state index contributed by atoms with van der Waals surface area (Å²) in [5, 5.41) is 11.1. The average molecular weight is 453 g/mol. The number of carboxylic acids is 1. The Morgan fingerprint density at radius 1 is 0.935 bits per heavy atom. The fourth-order valence-electron chi connectivity index (χ4n) is 3.61. The minimum atomic E-state index is -1.15. The van der Waals surface area contributed by atoms with Crippen LogP contribution in [0.4, 0.5) is 5.69 Å². The lowest BCUT2D eigenvalue weighted by Gasteiger charge is -2.25. The number of aromatic amines is 1. The molecule has 4 rings (SSSR count). The smallest absolute Gasteiger partial charge is 0.354 e. The number of hydrogen-bond donors (Lipinski definition) is 2. The summed E-state index contributed by atoms with van der Waals surface area (Å²) >= 11 is 12.6. The first-order valence-electron chi connectivity index (χ1n) is 9.55. The predicted octanol–water partition coefficient (Wildman–Crippen LogP) is 6.06. The second-order valence-corrected chi connectivity index (χ2v) is 7.94. The molecule has 0 aliphatic rings. The molecule has 0 radical (unpaired) electrons. The number of aromatic carboxylic acids is 1. The third-order valence-electron chi connectivity index (χ3n) is 4.96. The van der Waals surface area contributed by atoms with E-state index in [2.05, 4.69) is 4.98 Å². The first kappa shape index (κ1) is 21.0. The van der Waals surface area contributed by atoms with E-state index in [4.69, 9.17) is 23.2 Å². The molecule has 2 N–H and O–H groups in total. The van der Waals surface area contributed by atoms with Crippen molar-refractivity contribution in [2.45, 2.75) is 6.54 Å². The summed E-state index contributed by atoms with van der Waals surface area (Å²) in [5.41, 5.74) is 2.29. The summed E-state index contributed by atoms with van der Waals surface area (Å²) < 4.78 is 0. The number of fused-ring (bicyclic) bond motifs is 1. The number of halogens is 2. The zero-order valence-electron chi connectivity index (χ0n) is 16.3. The highest BCUT2D eigenvalue weighted by Crippen LogP contribution is 2.39. The van der Waals surface area contributed by atoms with Gasteiger partial charge in [0.15, 0.2) is 5.78 Å². The lowest BCUT2D eigenvalue weighted by atomic mass is 10.1. The molecule has 0 spiro atoms. The number of carbonyl (C=O) groups excluding carboxylic acids is 1. The number of nitrogens with zero attached hydrogens (tertiary/aromatic N) is 1. The van der Waals surface area contributed by atoms with Crippen LogP contribution in [0.25, 0.3) is 10.9 Å². The lowest BCUT2D eigenvalue weighted by molar-refractivity contribution is 0.0691. The highest BCUT2D eigenvalue weighted by Gasteiger charge is 2.26. The first-order valence-corrected chi connectivity index (χ1v) is 10.3. The highest BCUT2D eigenvalue weighted by molar-refractivity contribution is 6.40. The van der Waals surface area contributed by atoms with Crippen molar-refractivity contribution >= 4 is 51.5 Å². The predicted molar refractivity (Wildman–Crippen MR) is 124 cm³/mol. The molecular formula is C24H18Cl2N2O3. The number of Topliss-reactive ketones (excluding diaryl/α,β-unsaturated/α-hetero) is 1. The quantitative estimate of drug-likeness (QED) is 0.334. The highest BCUT2D eigenvalue weighted by atomic mass is 35.5. The molecule has 0 aliphatic carbocycles. The van der Waals surface area contributed by atoms with Gasteiger partial charge >= 0.3 is 5.97 Å². The molecular weight excluding hydrogens is 435 g/mol. The third-order valence-corrected chi connectivity index (χ3v) is 5.48. The van der Waals surface area contributed by atoms with Crippen molar-refractivity contribution in [3.8, 4) is 0 Å². The number of aromatic nitrogens is 1. The van der Waals surface area contributed by atoms with Crippen LogP contribution in [0.15, 0.2) is 72.8 Å². The van der Waals surface area contributed by atoms with Crippen LogP contribution in [0.2, 0.25) is 10.0 Å². The van der Waals surface area contributed by atoms with E-state index in [9.17, 15) is 14.7 Å². The van der Waals surface area contributed by atoms with Crippen LogP contribution in [0.5, 0.6) is 0 Å². The number of ketones is 1. The Morgan fingerprint density at radius 3 is 2.23 bits per heavy atom. The molecule has 156 valence electrons. The van der Waals surface area contributed by atoms with Gasteiger partial charge in [-0.05, 0) is 17.7 Å². The average Bonchev–Trinajstić information content (AvgIpc) is 3.14. The monoisotopic (exact) mass is 452 g/mol. The molecule has 1 heterocycles. The Labute approximate surface area is 188 Å². The van der Waals surface area contributed by atoms with E-state index in [1.165, 1.54) is 0 Å². The van der Waals surface area contributed by atoms with Gasteiger partial charge in [0, 0.05) is 22.5 Å². The maximum absolute atomic E-state index is 13.0. The van der Waals surface area contributed by atoms with Crippen LogP contribution in [0.3, 0.4) is 0 Å². The molecule has 5 nitrogen and oxygen atoms in total. The van der Waals surface area contributed by atoms with E-state index in [-0.39, 0.29) is 18.0 Å². The molecule has 31 heavy (non-hydrogen) atoms. The van der Waals surface area contributed by atoms with Crippen molar-refractivity contribution in [3.05, 3.63) is 99.7 Å². The van der Waals surface area contributed by atoms with Crippen LogP contribution in [0, 0.1) is 0 Å². The first-order chi connectivity index (χ1) is 14.9. The van der Waals surface area contributed by atoms with Gasteiger partial charge < -0.3 is 15.0 Å². The second kappa shape index (κ2) is 8.84. The lowest BCUT2D eigenvalue weighted by Crippen LogP contribution is -2.30. The van der Waals surface area contributed by atoms with Crippen LogP contribution < -0.4 is 4.90 Å². The maximum atomic E-state index is 13.0. The second-order valence-electron chi connectivity index (χ2n) is 7.09. The van der Waals surface area contributed by atoms with Crippen molar-refractivity contribution in [3.63, 3.8) is 0 Å². The van der Waals surface area contributed by atoms with Gasteiger partial charge in [0.05, 0.1) is 22.8 Å². The normalized spacial score (nSPS) is 10.9. The molecule has 3 aromatic carbocycles. The summed E-state index contributed by atoms with van der Waals surface area (Å²) in [7, 11) is 0. The van der Waals surface area contributed by atoms with Crippen LogP contribution in [-0.2, 0) is 6.54 Å². The van der Waals surface area contributed by atoms with Gasteiger partial charge in [-0.15, -0.1) is 0 Å². The molecule has 0 amide bonds. The zero-order valence-corrected chi connectivity index (χ0v) is 17.8. The van der Waals surface area contributed by atoms with Gasteiger partial charge in [0.25, 0.3) is 0 Å². The molecule has 0 fully saturated rings. The van der Waals surface area contributed by atoms with Gasteiger partial charge in [-0.2, -0.15) is 0 Å². The molecule has 0 unspecified atom stereocenters. The fraction of sp³-hybridized carbons (Fsp3) is 0.0833. The third kappa shape index (κ3) is 4.43. The van der Waals surface area contributed by atoms with E-state index in [1.807, 2.05) is 36.4 Å². The fourth-order valence-corrected chi connectivity index (χ4v) is 4.19. The van der Waals surface area contributed by atoms with Crippen molar-refractivity contribution in [2.75, 3.05) is 11.4 Å². The minimum Gasteiger partial charge on any atom is -0.477 e. The largest absolute Gasteiger partial charge is 0.477 e. The van der Waals surface area contributed by atoms with Crippen LogP contribution in [-0.4, -0.2) is 28.4 Å².